The summed E-state index contributed by atoms with van der Waals surface area (Å²) in [4.78, 5) is -0.496. The summed E-state index contributed by atoms with van der Waals surface area (Å²) in [6.07, 6.45) is -2.31. The van der Waals surface area contributed by atoms with Crippen molar-refractivity contribution in [1.29, 1.82) is 0 Å². The number of nitrogens with one attached hydrogen (secondary N) is 1. The fourth-order valence-electron chi connectivity index (χ4n) is 4.92. The molecular weight excluding hydrogens is 540 g/mol. The summed E-state index contributed by atoms with van der Waals surface area (Å²) < 4.78 is 137. The third-order valence-electron chi connectivity index (χ3n) is 6.57. The molecule has 3 atom stereocenters. The molecule has 4 rings (SSSR count). The van der Waals surface area contributed by atoms with Gasteiger partial charge in [0.15, 0.2) is 21.4 Å². The number of hydrogen-bond acceptors (Lipinski definition) is 6. The van der Waals surface area contributed by atoms with Crippen LogP contribution in [0.25, 0.3) is 0 Å². The van der Waals surface area contributed by atoms with Gasteiger partial charge in [-0.25, -0.2) is 34.7 Å². The molecule has 0 saturated heterocycles. The topological polar surface area (TPSA) is 110 Å². The first-order valence-corrected chi connectivity index (χ1v) is 13.4. The van der Waals surface area contributed by atoms with E-state index in [2.05, 4.69) is 0 Å². The number of hydrogen-bond donors (Lipinski definition) is 2. The average Bonchev–Trinajstić information content (AvgIpc) is 2.79. The molecule has 0 amide bonds. The van der Waals surface area contributed by atoms with Crippen molar-refractivity contribution in [2.24, 2.45) is 0 Å². The van der Waals surface area contributed by atoms with Crippen molar-refractivity contribution in [2.75, 3.05) is 6.61 Å². The monoisotopic (exact) mass is 559 g/mol. The highest BCUT2D eigenvalue weighted by molar-refractivity contribution is 7.92. The molecule has 1 heterocycles. The van der Waals surface area contributed by atoms with E-state index >= 15 is 4.39 Å². The Morgan fingerprint density at radius 2 is 1.64 bits per heavy atom. The van der Waals surface area contributed by atoms with E-state index in [0.29, 0.717) is 12.1 Å². The molecule has 1 saturated carbocycles. The van der Waals surface area contributed by atoms with Gasteiger partial charge in [-0.3, -0.25) is 0 Å². The van der Waals surface area contributed by atoms with Gasteiger partial charge in [0.25, 0.3) is 0 Å². The van der Waals surface area contributed by atoms with Gasteiger partial charge in [0.1, 0.15) is 29.4 Å². The SMILES string of the molecule is O=S(=O)(N[C@@H]1CC[C@@]2(S(=O)(=O)c3ccc(CF)cc3)c3c(F)ccc(F)c3OC[C@@]2(O)C1)C(F)(F)F. The molecule has 2 aromatic rings. The number of rotatable bonds is 5. The van der Waals surface area contributed by atoms with Crippen molar-refractivity contribution in [3.05, 3.63) is 59.2 Å². The number of aliphatic hydroxyl groups is 1. The predicted octanol–water partition coefficient (Wildman–Crippen LogP) is 3.22. The van der Waals surface area contributed by atoms with E-state index in [1.807, 2.05) is 0 Å². The lowest BCUT2D eigenvalue weighted by Gasteiger charge is -2.54. The third-order valence-corrected chi connectivity index (χ3v) is 10.4. The van der Waals surface area contributed by atoms with Crippen molar-refractivity contribution in [3.63, 3.8) is 0 Å². The van der Waals surface area contributed by atoms with Crippen molar-refractivity contribution in [2.45, 2.75) is 52.7 Å². The standard InChI is InChI=1S/C21H19F6NO6S2/c22-10-12-1-3-14(4-2-12)35(30,31)20-8-7-13(28-36(32,33)21(25,26)27)9-19(20,29)11-34-18-16(24)6-5-15(23)17(18)20/h1-6,13,28-29H,7-11H2/t13-,19+,20-/m1/s1. The van der Waals surface area contributed by atoms with E-state index in [-0.39, 0.29) is 5.56 Å². The summed E-state index contributed by atoms with van der Waals surface area (Å²) in [6.45, 7) is -1.92. The van der Waals surface area contributed by atoms with E-state index in [1.54, 1.807) is 0 Å². The smallest absolute Gasteiger partial charge is 0.487 e. The average molecular weight is 560 g/mol. The highest BCUT2D eigenvalue weighted by Gasteiger charge is 2.68. The van der Waals surface area contributed by atoms with E-state index in [0.717, 1.165) is 24.3 Å². The van der Waals surface area contributed by atoms with Gasteiger partial charge in [-0.15, -0.1) is 0 Å². The molecule has 198 valence electrons. The maximum atomic E-state index is 15.2. The first-order chi connectivity index (χ1) is 16.6. The number of alkyl halides is 4. The largest absolute Gasteiger partial charge is 0.511 e. The fourth-order valence-corrected chi connectivity index (χ4v) is 8.08. The van der Waals surface area contributed by atoms with Gasteiger partial charge in [0, 0.05) is 6.04 Å². The Labute approximate surface area is 202 Å². The molecule has 0 unspecified atom stereocenters. The molecule has 1 aliphatic heterocycles. The van der Waals surface area contributed by atoms with Crippen LogP contribution in [0.1, 0.15) is 30.4 Å². The van der Waals surface area contributed by atoms with Crippen LogP contribution in [0, 0.1) is 11.6 Å². The zero-order chi connectivity index (χ0) is 26.7. The number of benzene rings is 2. The highest BCUT2D eigenvalue weighted by atomic mass is 32.2. The molecule has 15 heteroatoms. The van der Waals surface area contributed by atoms with Gasteiger partial charge < -0.3 is 9.84 Å². The number of halogens is 6. The molecule has 2 N–H and O–H groups in total. The molecular formula is C21H19F6NO6S2. The summed E-state index contributed by atoms with van der Waals surface area (Å²) in [5.74, 6) is -3.20. The van der Waals surface area contributed by atoms with E-state index in [4.69, 9.17) is 4.74 Å². The van der Waals surface area contributed by atoms with Crippen LogP contribution in [-0.4, -0.2) is 45.7 Å². The summed E-state index contributed by atoms with van der Waals surface area (Å²) in [5.41, 5.74) is -9.12. The maximum absolute atomic E-state index is 15.2. The van der Waals surface area contributed by atoms with Crippen LogP contribution in [-0.2, 0) is 31.3 Å². The second-order valence-electron chi connectivity index (χ2n) is 8.67. The van der Waals surface area contributed by atoms with Gasteiger partial charge >= 0.3 is 15.5 Å². The number of ether oxygens (including phenoxy) is 1. The molecule has 1 aliphatic carbocycles. The van der Waals surface area contributed by atoms with Crippen LogP contribution in [0.3, 0.4) is 0 Å². The quantitative estimate of drug-likeness (QED) is 0.545. The molecule has 2 aliphatic rings. The minimum absolute atomic E-state index is 0.108. The molecule has 0 spiro atoms. The second-order valence-corrected chi connectivity index (χ2v) is 12.5. The third kappa shape index (κ3) is 3.87. The minimum atomic E-state index is -5.87. The van der Waals surface area contributed by atoms with Gasteiger partial charge in [-0.05, 0) is 49.1 Å². The maximum Gasteiger partial charge on any atom is 0.511 e. The van der Waals surface area contributed by atoms with E-state index in [9.17, 15) is 43.9 Å². The van der Waals surface area contributed by atoms with E-state index < -0.39 is 102 Å². The van der Waals surface area contributed by atoms with Crippen LogP contribution in [0.15, 0.2) is 41.3 Å². The normalized spacial score (nSPS) is 26.6. The van der Waals surface area contributed by atoms with Crippen molar-refractivity contribution in [1.82, 2.24) is 4.72 Å². The van der Waals surface area contributed by atoms with Crippen LogP contribution < -0.4 is 9.46 Å². The Balaban J connectivity index is 1.91. The predicted molar refractivity (Wildman–Crippen MR) is 113 cm³/mol. The Morgan fingerprint density at radius 1 is 1.03 bits per heavy atom. The molecule has 1 fully saturated rings. The lowest BCUT2D eigenvalue weighted by Crippen LogP contribution is -2.67. The van der Waals surface area contributed by atoms with Crippen LogP contribution in [0.5, 0.6) is 5.75 Å². The fraction of sp³-hybridized carbons (Fsp3) is 0.429. The van der Waals surface area contributed by atoms with Gasteiger partial charge in [0.05, 0.1) is 10.5 Å². The lowest BCUT2D eigenvalue weighted by atomic mass is 9.68. The molecule has 0 bridgehead atoms. The summed E-state index contributed by atoms with van der Waals surface area (Å²) in [5, 5.41) is 11.6. The van der Waals surface area contributed by atoms with Gasteiger partial charge in [-0.1, -0.05) is 12.1 Å². The molecule has 0 aromatic heterocycles. The van der Waals surface area contributed by atoms with Gasteiger partial charge in [-0.2, -0.15) is 13.2 Å². The minimum Gasteiger partial charge on any atom is -0.487 e. The first-order valence-electron chi connectivity index (χ1n) is 10.4. The highest BCUT2D eigenvalue weighted by Crippen LogP contribution is 2.58. The zero-order valence-electron chi connectivity index (χ0n) is 18.1. The molecule has 2 aromatic carbocycles. The van der Waals surface area contributed by atoms with Gasteiger partial charge in [0.2, 0.25) is 0 Å². The number of sulfone groups is 1. The van der Waals surface area contributed by atoms with Crippen molar-refractivity contribution < 1.29 is 53.0 Å². The summed E-state index contributed by atoms with van der Waals surface area (Å²) in [7, 11) is -10.7. The van der Waals surface area contributed by atoms with E-state index in [1.165, 1.54) is 4.72 Å². The Kier molecular flexibility index (Phi) is 6.38. The van der Waals surface area contributed by atoms with Crippen molar-refractivity contribution in [3.8, 4) is 5.75 Å². The van der Waals surface area contributed by atoms with Crippen molar-refractivity contribution >= 4 is 19.9 Å². The summed E-state index contributed by atoms with van der Waals surface area (Å²) in [6, 6.07) is 3.96. The summed E-state index contributed by atoms with van der Waals surface area (Å²) >= 11 is 0. The van der Waals surface area contributed by atoms with Crippen LogP contribution in [0.4, 0.5) is 26.3 Å². The first kappa shape index (κ1) is 26.7. The Morgan fingerprint density at radius 3 is 2.22 bits per heavy atom. The lowest BCUT2D eigenvalue weighted by molar-refractivity contribution is -0.0899. The number of sulfonamides is 1. The Bertz CT molecular complexity index is 1400. The Hall–Kier alpha value is -2.36. The second kappa shape index (κ2) is 8.60. The number of fused-ring (bicyclic) bond motifs is 3. The zero-order valence-corrected chi connectivity index (χ0v) is 19.8. The molecule has 0 radical (unpaired) electrons. The molecule has 36 heavy (non-hydrogen) atoms. The molecule has 7 nitrogen and oxygen atoms in total. The van der Waals surface area contributed by atoms with Crippen LogP contribution in [0.2, 0.25) is 0 Å². The van der Waals surface area contributed by atoms with Crippen LogP contribution >= 0.6 is 0 Å².